The molecule has 1 aliphatic heterocycles. The quantitative estimate of drug-likeness (QED) is 0.865. The maximum atomic E-state index is 9.67. The van der Waals surface area contributed by atoms with Crippen molar-refractivity contribution < 1.29 is 19.3 Å². The number of morpholine rings is 1. The van der Waals surface area contributed by atoms with Gasteiger partial charge in [-0.05, 0) is 17.7 Å². The molecule has 1 unspecified atom stereocenters. The van der Waals surface area contributed by atoms with E-state index in [1.54, 1.807) is 14.2 Å². The average molecular weight is 267 g/mol. The van der Waals surface area contributed by atoms with Gasteiger partial charge in [0, 0.05) is 13.1 Å². The van der Waals surface area contributed by atoms with E-state index in [4.69, 9.17) is 14.2 Å². The summed E-state index contributed by atoms with van der Waals surface area (Å²) < 4.78 is 15.9. The predicted octanol–water partition coefficient (Wildman–Crippen LogP) is 1.07. The van der Waals surface area contributed by atoms with Crippen molar-refractivity contribution in [3.8, 4) is 11.5 Å². The first kappa shape index (κ1) is 14.1. The van der Waals surface area contributed by atoms with Crippen LogP contribution >= 0.6 is 0 Å². The molecule has 1 aromatic rings. The summed E-state index contributed by atoms with van der Waals surface area (Å²) in [5, 5.41) is 9.67. The van der Waals surface area contributed by atoms with Gasteiger partial charge in [-0.3, -0.25) is 4.90 Å². The summed E-state index contributed by atoms with van der Waals surface area (Å²) in [6, 6.07) is 5.74. The highest BCUT2D eigenvalue weighted by Crippen LogP contribution is 2.32. The molecule has 0 amide bonds. The van der Waals surface area contributed by atoms with Crippen LogP contribution in [0.2, 0.25) is 0 Å². The predicted molar refractivity (Wildman–Crippen MR) is 71.8 cm³/mol. The number of hydrogen-bond acceptors (Lipinski definition) is 5. The van der Waals surface area contributed by atoms with Gasteiger partial charge in [-0.1, -0.05) is 6.07 Å². The fourth-order valence-corrected chi connectivity index (χ4v) is 2.38. The van der Waals surface area contributed by atoms with E-state index in [0.717, 1.165) is 18.7 Å². The zero-order valence-electron chi connectivity index (χ0n) is 11.5. The Kier molecular flexibility index (Phi) is 5.01. The lowest BCUT2D eigenvalue weighted by Crippen LogP contribution is -2.40. The number of benzene rings is 1. The van der Waals surface area contributed by atoms with Crippen LogP contribution in [-0.2, 0) is 4.74 Å². The molecule has 0 spiro atoms. The van der Waals surface area contributed by atoms with E-state index >= 15 is 0 Å². The Morgan fingerprint density at radius 2 is 1.89 bits per heavy atom. The summed E-state index contributed by atoms with van der Waals surface area (Å²) in [6.45, 7) is 3.17. The van der Waals surface area contributed by atoms with E-state index in [-0.39, 0.29) is 12.6 Å². The molecule has 1 aromatic carbocycles. The molecule has 19 heavy (non-hydrogen) atoms. The highest BCUT2D eigenvalue weighted by atomic mass is 16.5. The molecule has 0 aliphatic carbocycles. The van der Waals surface area contributed by atoms with E-state index in [1.807, 2.05) is 18.2 Å². The number of ether oxygens (including phenoxy) is 3. The van der Waals surface area contributed by atoms with Crippen LogP contribution in [0, 0.1) is 0 Å². The van der Waals surface area contributed by atoms with Crippen molar-refractivity contribution in [3.63, 3.8) is 0 Å². The fourth-order valence-electron chi connectivity index (χ4n) is 2.38. The topological polar surface area (TPSA) is 51.2 Å². The first-order valence-corrected chi connectivity index (χ1v) is 6.44. The summed E-state index contributed by atoms with van der Waals surface area (Å²) in [7, 11) is 3.23. The number of aliphatic hydroxyl groups is 1. The molecule has 0 radical (unpaired) electrons. The third kappa shape index (κ3) is 3.18. The summed E-state index contributed by atoms with van der Waals surface area (Å²) in [5.41, 5.74) is 1.03. The monoisotopic (exact) mass is 267 g/mol. The number of nitrogens with zero attached hydrogens (tertiary/aromatic N) is 1. The van der Waals surface area contributed by atoms with Gasteiger partial charge in [-0.25, -0.2) is 0 Å². The van der Waals surface area contributed by atoms with Crippen molar-refractivity contribution >= 4 is 0 Å². The third-order valence-electron chi connectivity index (χ3n) is 3.45. The first-order chi connectivity index (χ1) is 9.30. The number of aliphatic hydroxyl groups excluding tert-OH is 1. The summed E-state index contributed by atoms with van der Waals surface area (Å²) in [6.07, 6.45) is 0. The summed E-state index contributed by atoms with van der Waals surface area (Å²) in [5.74, 6) is 1.39. The van der Waals surface area contributed by atoms with Gasteiger partial charge in [0.05, 0.1) is 40.1 Å². The van der Waals surface area contributed by atoms with E-state index in [1.165, 1.54) is 0 Å². The largest absolute Gasteiger partial charge is 0.493 e. The maximum absolute atomic E-state index is 9.67. The van der Waals surface area contributed by atoms with Crippen molar-refractivity contribution in [3.05, 3.63) is 23.8 Å². The molecule has 106 valence electrons. The standard InChI is InChI=1S/C14H21NO4/c1-17-13-4-3-11(9-14(13)18-2)12(10-16)15-5-7-19-8-6-15/h3-4,9,12,16H,5-8,10H2,1-2H3. The Morgan fingerprint density at radius 3 is 2.47 bits per heavy atom. The van der Waals surface area contributed by atoms with Crippen molar-refractivity contribution in [2.24, 2.45) is 0 Å². The lowest BCUT2D eigenvalue weighted by Gasteiger charge is -2.33. The van der Waals surface area contributed by atoms with Gasteiger partial charge in [0.15, 0.2) is 11.5 Å². The van der Waals surface area contributed by atoms with Crippen LogP contribution in [0.3, 0.4) is 0 Å². The van der Waals surface area contributed by atoms with Crippen LogP contribution in [0.25, 0.3) is 0 Å². The Bertz CT molecular complexity index is 404. The van der Waals surface area contributed by atoms with Gasteiger partial charge in [0.1, 0.15) is 0 Å². The fraction of sp³-hybridized carbons (Fsp3) is 0.571. The minimum absolute atomic E-state index is 0.0243. The molecule has 1 saturated heterocycles. The maximum Gasteiger partial charge on any atom is 0.161 e. The molecule has 1 N–H and O–H groups in total. The second-order valence-electron chi connectivity index (χ2n) is 4.46. The molecule has 5 heteroatoms. The minimum atomic E-state index is -0.0243. The van der Waals surface area contributed by atoms with Gasteiger partial charge in [0.2, 0.25) is 0 Å². The molecule has 0 aromatic heterocycles. The summed E-state index contributed by atoms with van der Waals surface area (Å²) in [4.78, 5) is 2.23. The Labute approximate surface area is 113 Å². The molecule has 0 saturated carbocycles. The lowest BCUT2D eigenvalue weighted by atomic mass is 10.0. The molecular formula is C14H21NO4. The number of rotatable bonds is 5. The molecule has 1 atom stereocenters. The van der Waals surface area contributed by atoms with Crippen molar-refractivity contribution in [2.75, 3.05) is 47.1 Å². The van der Waals surface area contributed by atoms with E-state index in [2.05, 4.69) is 4.90 Å². The van der Waals surface area contributed by atoms with Crippen molar-refractivity contribution in [2.45, 2.75) is 6.04 Å². The van der Waals surface area contributed by atoms with Crippen LogP contribution in [-0.4, -0.2) is 57.1 Å². The highest BCUT2D eigenvalue weighted by Gasteiger charge is 2.22. The third-order valence-corrected chi connectivity index (χ3v) is 3.45. The van der Waals surface area contributed by atoms with Crippen LogP contribution in [0.4, 0.5) is 0 Å². The van der Waals surface area contributed by atoms with E-state index in [0.29, 0.717) is 24.7 Å². The van der Waals surface area contributed by atoms with E-state index in [9.17, 15) is 5.11 Å². The van der Waals surface area contributed by atoms with Gasteiger partial charge in [-0.15, -0.1) is 0 Å². The molecule has 5 nitrogen and oxygen atoms in total. The molecule has 2 rings (SSSR count). The number of methoxy groups -OCH3 is 2. The second kappa shape index (κ2) is 6.75. The van der Waals surface area contributed by atoms with Gasteiger partial charge < -0.3 is 19.3 Å². The van der Waals surface area contributed by atoms with Crippen LogP contribution in [0.1, 0.15) is 11.6 Å². The second-order valence-corrected chi connectivity index (χ2v) is 4.46. The van der Waals surface area contributed by atoms with Crippen LogP contribution in [0.15, 0.2) is 18.2 Å². The molecular weight excluding hydrogens is 246 g/mol. The lowest BCUT2D eigenvalue weighted by molar-refractivity contribution is 0.00254. The van der Waals surface area contributed by atoms with Gasteiger partial charge in [0.25, 0.3) is 0 Å². The zero-order chi connectivity index (χ0) is 13.7. The first-order valence-electron chi connectivity index (χ1n) is 6.44. The van der Waals surface area contributed by atoms with Gasteiger partial charge in [-0.2, -0.15) is 0 Å². The van der Waals surface area contributed by atoms with Crippen molar-refractivity contribution in [1.82, 2.24) is 4.90 Å². The van der Waals surface area contributed by atoms with Crippen molar-refractivity contribution in [1.29, 1.82) is 0 Å². The smallest absolute Gasteiger partial charge is 0.161 e. The Morgan fingerprint density at radius 1 is 1.21 bits per heavy atom. The molecule has 1 aliphatic rings. The zero-order valence-corrected chi connectivity index (χ0v) is 11.5. The SMILES string of the molecule is COc1ccc(C(CO)N2CCOCC2)cc1OC. The minimum Gasteiger partial charge on any atom is -0.493 e. The van der Waals surface area contributed by atoms with Gasteiger partial charge >= 0.3 is 0 Å². The highest BCUT2D eigenvalue weighted by molar-refractivity contribution is 5.43. The van der Waals surface area contributed by atoms with Crippen LogP contribution in [0.5, 0.6) is 11.5 Å². The average Bonchev–Trinajstić information content (AvgIpc) is 2.49. The number of hydrogen-bond donors (Lipinski definition) is 1. The van der Waals surface area contributed by atoms with Crippen LogP contribution < -0.4 is 9.47 Å². The molecule has 0 bridgehead atoms. The normalized spacial score (nSPS) is 18.1. The Hall–Kier alpha value is -1.30. The Balaban J connectivity index is 2.22. The summed E-state index contributed by atoms with van der Waals surface area (Å²) >= 11 is 0. The van der Waals surface area contributed by atoms with E-state index < -0.39 is 0 Å². The molecule has 1 fully saturated rings. The molecule has 1 heterocycles.